The highest BCUT2D eigenvalue weighted by molar-refractivity contribution is 5.76. The van der Waals surface area contributed by atoms with Gasteiger partial charge in [-0.2, -0.15) is 0 Å². The van der Waals surface area contributed by atoms with Crippen molar-refractivity contribution in [3.63, 3.8) is 0 Å². The average Bonchev–Trinajstić information content (AvgIpc) is 2.74. The van der Waals surface area contributed by atoms with Crippen LogP contribution in [0.3, 0.4) is 0 Å². The number of benzene rings is 1. The molecule has 1 aromatic carbocycles. The maximum absolute atomic E-state index is 12.3. The van der Waals surface area contributed by atoms with Gasteiger partial charge >= 0.3 is 0 Å². The van der Waals surface area contributed by atoms with E-state index in [0.717, 1.165) is 25.3 Å². The first-order chi connectivity index (χ1) is 10.2. The topological polar surface area (TPSA) is 32.8 Å². The Bertz CT molecular complexity index is 434. The number of likely N-dealkylation sites (tertiary alicyclic amines) is 1. The van der Waals surface area contributed by atoms with E-state index in [-0.39, 0.29) is 5.91 Å². The van der Waals surface area contributed by atoms with Crippen LogP contribution in [0, 0.1) is 0 Å². The van der Waals surface area contributed by atoms with Gasteiger partial charge in [-0.1, -0.05) is 24.6 Å². The Morgan fingerprint density at radius 1 is 1.29 bits per heavy atom. The summed E-state index contributed by atoms with van der Waals surface area (Å²) in [6.45, 7) is 2.18. The summed E-state index contributed by atoms with van der Waals surface area (Å²) in [6, 6.07) is 10.1. The predicted molar refractivity (Wildman–Crippen MR) is 84.5 cm³/mol. The number of hydrogen-bond donors (Lipinski definition) is 0. The van der Waals surface area contributed by atoms with E-state index in [1.165, 1.54) is 12.8 Å². The number of amides is 1. The third-order valence-corrected chi connectivity index (χ3v) is 4.06. The number of carbonyl (C=O) groups is 1. The molecule has 0 spiro atoms. The Balaban J connectivity index is 1.79. The summed E-state index contributed by atoms with van der Waals surface area (Å²) in [5.41, 5.74) is 0. The molecule has 1 aliphatic rings. The lowest BCUT2D eigenvalue weighted by Crippen LogP contribution is -2.42. The van der Waals surface area contributed by atoms with Gasteiger partial charge < -0.3 is 14.5 Å². The SMILES string of the molecule is CN(C)[C@H]1CCCCN(C(=O)CCOc2ccccc2)C1. The highest BCUT2D eigenvalue weighted by Gasteiger charge is 2.22. The van der Waals surface area contributed by atoms with Crippen molar-refractivity contribution >= 4 is 5.91 Å². The molecule has 0 aromatic heterocycles. The molecule has 2 rings (SSSR count). The van der Waals surface area contributed by atoms with Crippen molar-refractivity contribution in [1.82, 2.24) is 9.80 Å². The summed E-state index contributed by atoms with van der Waals surface area (Å²) in [5.74, 6) is 1.03. The molecule has 4 nitrogen and oxygen atoms in total. The first kappa shape index (κ1) is 15.8. The summed E-state index contributed by atoms with van der Waals surface area (Å²) in [5, 5.41) is 0. The van der Waals surface area contributed by atoms with Gasteiger partial charge in [0.15, 0.2) is 0 Å². The quantitative estimate of drug-likeness (QED) is 0.835. The zero-order valence-electron chi connectivity index (χ0n) is 13.1. The molecule has 0 N–H and O–H groups in total. The number of para-hydroxylation sites is 1. The normalized spacial score (nSPS) is 19.4. The summed E-state index contributed by atoms with van der Waals surface area (Å²) in [4.78, 5) is 16.6. The smallest absolute Gasteiger partial charge is 0.226 e. The van der Waals surface area contributed by atoms with E-state index >= 15 is 0 Å². The lowest BCUT2D eigenvalue weighted by molar-refractivity contribution is -0.132. The molecule has 1 saturated heterocycles. The van der Waals surface area contributed by atoms with Gasteiger partial charge in [-0.3, -0.25) is 4.79 Å². The van der Waals surface area contributed by atoms with Gasteiger partial charge in [0.1, 0.15) is 5.75 Å². The Morgan fingerprint density at radius 3 is 2.76 bits per heavy atom. The number of carbonyl (C=O) groups excluding carboxylic acids is 1. The van der Waals surface area contributed by atoms with Gasteiger partial charge in [-0.05, 0) is 39.1 Å². The molecule has 1 fully saturated rings. The molecule has 0 aliphatic carbocycles. The number of ether oxygens (including phenoxy) is 1. The molecule has 1 aromatic rings. The van der Waals surface area contributed by atoms with Crippen LogP contribution < -0.4 is 4.74 Å². The first-order valence-electron chi connectivity index (χ1n) is 7.79. The Labute approximate surface area is 127 Å². The van der Waals surface area contributed by atoms with E-state index in [9.17, 15) is 4.79 Å². The molecule has 1 atom stereocenters. The Kier molecular flexibility index (Phi) is 6.05. The Hall–Kier alpha value is -1.55. The minimum absolute atomic E-state index is 0.208. The Morgan fingerprint density at radius 2 is 2.05 bits per heavy atom. The minimum Gasteiger partial charge on any atom is -0.493 e. The summed E-state index contributed by atoms with van der Waals surface area (Å²) >= 11 is 0. The molecule has 0 bridgehead atoms. The van der Waals surface area contributed by atoms with Crippen LogP contribution in [0.5, 0.6) is 5.75 Å². The molecule has 0 radical (unpaired) electrons. The fourth-order valence-corrected chi connectivity index (χ4v) is 2.70. The summed E-state index contributed by atoms with van der Waals surface area (Å²) in [7, 11) is 4.19. The molecular weight excluding hydrogens is 264 g/mol. The maximum Gasteiger partial charge on any atom is 0.226 e. The lowest BCUT2D eigenvalue weighted by atomic mass is 10.1. The second-order valence-corrected chi connectivity index (χ2v) is 5.86. The molecule has 116 valence electrons. The molecule has 0 saturated carbocycles. The van der Waals surface area contributed by atoms with Crippen molar-refractivity contribution in [1.29, 1.82) is 0 Å². The van der Waals surface area contributed by atoms with Crippen LogP contribution in [0.1, 0.15) is 25.7 Å². The second kappa shape index (κ2) is 8.03. The summed E-state index contributed by atoms with van der Waals surface area (Å²) < 4.78 is 5.62. The standard InChI is InChI=1S/C17H26N2O2/c1-18(2)15-8-6-7-12-19(14-15)17(20)11-13-21-16-9-4-3-5-10-16/h3-5,9-10,15H,6-8,11-14H2,1-2H3/t15-/m0/s1. The number of nitrogens with zero attached hydrogens (tertiary/aromatic N) is 2. The highest BCUT2D eigenvalue weighted by Crippen LogP contribution is 2.15. The van der Waals surface area contributed by atoms with Gasteiger partial charge in [0.2, 0.25) is 5.91 Å². The van der Waals surface area contributed by atoms with E-state index < -0.39 is 0 Å². The first-order valence-corrected chi connectivity index (χ1v) is 7.79. The molecule has 0 unspecified atom stereocenters. The average molecular weight is 290 g/mol. The number of likely N-dealkylation sites (N-methyl/N-ethyl adjacent to an activating group) is 1. The van der Waals surface area contributed by atoms with Crippen LogP contribution in [0.25, 0.3) is 0 Å². The van der Waals surface area contributed by atoms with Crippen LogP contribution in [0.15, 0.2) is 30.3 Å². The summed E-state index contributed by atoms with van der Waals surface area (Å²) in [6.07, 6.45) is 3.94. The van der Waals surface area contributed by atoms with E-state index in [1.807, 2.05) is 35.2 Å². The van der Waals surface area contributed by atoms with Gasteiger partial charge in [0.25, 0.3) is 0 Å². The van der Waals surface area contributed by atoms with Crippen LogP contribution >= 0.6 is 0 Å². The zero-order valence-corrected chi connectivity index (χ0v) is 13.1. The monoisotopic (exact) mass is 290 g/mol. The van der Waals surface area contributed by atoms with Crippen LogP contribution in [0.2, 0.25) is 0 Å². The molecule has 21 heavy (non-hydrogen) atoms. The van der Waals surface area contributed by atoms with Crippen LogP contribution in [0.4, 0.5) is 0 Å². The van der Waals surface area contributed by atoms with Crippen molar-refractivity contribution in [3.8, 4) is 5.75 Å². The van der Waals surface area contributed by atoms with Crippen molar-refractivity contribution in [2.75, 3.05) is 33.8 Å². The van der Waals surface area contributed by atoms with Gasteiger partial charge in [0, 0.05) is 19.1 Å². The fraction of sp³-hybridized carbons (Fsp3) is 0.588. The van der Waals surface area contributed by atoms with Crippen molar-refractivity contribution in [2.24, 2.45) is 0 Å². The lowest BCUT2D eigenvalue weighted by Gasteiger charge is -2.28. The van der Waals surface area contributed by atoms with Crippen LogP contribution in [-0.2, 0) is 4.79 Å². The van der Waals surface area contributed by atoms with Crippen LogP contribution in [-0.4, -0.2) is 55.5 Å². The molecule has 4 heteroatoms. The van der Waals surface area contributed by atoms with Crippen molar-refractivity contribution in [3.05, 3.63) is 30.3 Å². The van der Waals surface area contributed by atoms with Crippen molar-refractivity contribution in [2.45, 2.75) is 31.7 Å². The second-order valence-electron chi connectivity index (χ2n) is 5.86. The molecule has 1 amide bonds. The van der Waals surface area contributed by atoms with Crippen molar-refractivity contribution < 1.29 is 9.53 Å². The highest BCUT2D eigenvalue weighted by atomic mass is 16.5. The fourth-order valence-electron chi connectivity index (χ4n) is 2.70. The van der Waals surface area contributed by atoms with E-state index in [0.29, 0.717) is 19.1 Å². The maximum atomic E-state index is 12.3. The molecule has 1 aliphatic heterocycles. The predicted octanol–water partition coefficient (Wildman–Crippen LogP) is 2.40. The minimum atomic E-state index is 0.208. The third-order valence-electron chi connectivity index (χ3n) is 4.06. The van der Waals surface area contributed by atoms with E-state index in [1.54, 1.807) is 0 Å². The molecule has 1 heterocycles. The third kappa shape index (κ3) is 5.05. The zero-order chi connectivity index (χ0) is 15.1. The van der Waals surface area contributed by atoms with E-state index in [2.05, 4.69) is 19.0 Å². The number of hydrogen-bond acceptors (Lipinski definition) is 3. The largest absolute Gasteiger partial charge is 0.493 e. The van der Waals surface area contributed by atoms with Gasteiger partial charge in [-0.15, -0.1) is 0 Å². The van der Waals surface area contributed by atoms with Gasteiger partial charge in [0.05, 0.1) is 13.0 Å². The van der Waals surface area contributed by atoms with E-state index in [4.69, 9.17) is 4.74 Å². The molecular formula is C17H26N2O2. The number of rotatable bonds is 5. The van der Waals surface area contributed by atoms with Gasteiger partial charge in [-0.25, -0.2) is 0 Å².